The molecule has 3 atom stereocenters. The molecule has 7 heteroatoms. The van der Waals surface area contributed by atoms with Crippen LogP contribution < -0.4 is 5.32 Å². The third kappa shape index (κ3) is 4.84. The molecular formula is C15H29N3O3S. The molecule has 0 saturated carbocycles. The van der Waals surface area contributed by atoms with E-state index in [1.54, 1.807) is 0 Å². The van der Waals surface area contributed by atoms with Gasteiger partial charge in [-0.3, -0.25) is 4.99 Å². The van der Waals surface area contributed by atoms with Crippen LogP contribution in [0.1, 0.15) is 33.1 Å². The van der Waals surface area contributed by atoms with E-state index in [9.17, 15) is 13.5 Å². The van der Waals surface area contributed by atoms with Crippen molar-refractivity contribution in [3.63, 3.8) is 0 Å². The molecule has 2 aliphatic heterocycles. The number of likely N-dealkylation sites (tertiary alicyclic amines) is 1. The molecule has 0 radical (unpaired) electrons. The predicted octanol–water partition coefficient (Wildman–Crippen LogP) is 0.479. The maximum Gasteiger partial charge on any atom is 0.193 e. The summed E-state index contributed by atoms with van der Waals surface area (Å²) in [6.07, 6.45) is 2.42. The number of nitrogens with zero attached hydrogens (tertiary/aromatic N) is 2. The van der Waals surface area contributed by atoms with Crippen molar-refractivity contribution in [2.75, 3.05) is 37.7 Å². The zero-order valence-electron chi connectivity index (χ0n) is 13.7. The van der Waals surface area contributed by atoms with Crippen LogP contribution in [-0.4, -0.2) is 68.2 Å². The molecule has 0 aromatic carbocycles. The lowest BCUT2D eigenvalue weighted by Gasteiger charge is -2.23. The molecule has 0 spiro atoms. The summed E-state index contributed by atoms with van der Waals surface area (Å²) in [4.78, 5) is 6.86. The van der Waals surface area contributed by atoms with Crippen LogP contribution in [0.2, 0.25) is 0 Å². The lowest BCUT2D eigenvalue weighted by Crippen LogP contribution is -2.41. The first kappa shape index (κ1) is 17.5. The van der Waals surface area contributed by atoms with Crippen molar-refractivity contribution in [2.45, 2.75) is 39.2 Å². The van der Waals surface area contributed by atoms with Gasteiger partial charge >= 0.3 is 0 Å². The van der Waals surface area contributed by atoms with Crippen LogP contribution in [0.25, 0.3) is 0 Å². The van der Waals surface area contributed by atoms with Gasteiger partial charge < -0.3 is 15.3 Å². The Morgan fingerprint density at radius 3 is 2.77 bits per heavy atom. The van der Waals surface area contributed by atoms with E-state index >= 15 is 0 Å². The average Bonchev–Trinajstić information content (AvgIpc) is 3.06. The summed E-state index contributed by atoms with van der Waals surface area (Å²) in [5.41, 5.74) is 0. The monoisotopic (exact) mass is 331 g/mol. The van der Waals surface area contributed by atoms with Gasteiger partial charge in [0.15, 0.2) is 15.8 Å². The summed E-state index contributed by atoms with van der Waals surface area (Å²) in [5.74, 6) is 1.89. The van der Waals surface area contributed by atoms with E-state index in [4.69, 9.17) is 0 Å². The highest BCUT2D eigenvalue weighted by Crippen LogP contribution is 2.21. The maximum atomic E-state index is 11.5. The second kappa shape index (κ2) is 7.64. The minimum Gasteiger partial charge on any atom is -0.393 e. The van der Waals surface area contributed by atoms with Crippen LogP contribution in [0.4, 0.5) is 0 Å². The molecule has 2 saturated heterocycles. The largest absolute Gasteiger partial charge is 0.393 e. The highest BCUT2D eigenvalue weighted by Gasteiger charge is 2.30. The Kier molecular flexibility index (Phi) is 6.09. The van der Waals surface area contributed by atoms with Crippen LogP contribution in [0.3, 0.4) is 0 Å². The van der Waals surface area contributed by atoms with Crippen LogP contribution >= 0.6 is 0 Å². The van der Waals surface area contributed by atoms with Gasteiger partial charge in [-0.15, -0.1) is 0 Å². The zero-order valence-corrected chi connectivity index (χ0v) is 14.5. The Morgan fingerprint density at radius 2 is 2.23 bits per heavy atom. The van der Waals surface area contributed by atoms with E-state index in [0.29, 0.717) is 18.2 Å². The molecule has 2 aliphatic rings. The number of rotatable bonds is 5. The summed E-state index contributed by atoms with van der Waals surface area (Å²) >= 11 is 0. The zero-order chi connectivity index (χ0) is 16.2. The van der Waals surface area contributed by atoms with E-state index in [0.717, 1.165) is 44.9 Å². The van der Waals surface area contributed by atoms with Gasteiger partial charge in [-0.1, -0.05) is 6.92 Å². The topological polar surface area (TPSA) is 82.0 Å². The Hall–Kier alpha value is -0.820. The second-order valence-corrected chi connectivity index (χ2v) is 8.82. The summed E-state index contributed by atoms with van der Waals surface area (Å²) in [5, 5.41) is 13.1. The Balaban J connectivity index is 1.95. The quantitative estimate of drug-likeness (QED) is 0.566. The van der Waals surface area contributed by atoms with Gasteiger partial charge in [-0.05, 0) is 32.1 Å². The fourth-order valence-corrected chi connectivity index (χ4v) is 4.96. The molecule has 128 valence electrons. The van der Waals surface area contributed by atoms with Crippen molar-refractivity contribution in [1.29, 1.82) is 0 Å². The van der Waals surface area contributed by atoms with Crippen LogP contribution in [-0.2, 0) is 9.84 Å². The van der Waals surface area contributed by atoms with E-state index in [-0.39, 0.29) is 17.8 Å². The number of hydrogen-bond acceptors (Lipinski definition) is 4. The number of sulfone groups is 1. The molecule has 2 fully saturated rings. The van der Waals surface area contributed by atoms with Gasteiger partial charge in [0, 0.05) is 32.1 Å². The average molecular weight is 331 g/mol. The Labute approximate surface area is 133 Å². The molecule has 0 aromatic rings. The lowest BCUT2D eigenvalue weighted by molar-refractivity contribution is 0.132. The molecule has 2 heterocycles. The minimum atomic E-state index is -2.84. The third-order valence-electron chi connectivity index (χ3n) is 4.57. The van der Waals surface area contributed by atoms with Gasteiger partial charge in [0.25, 0.3) is 0 Å². The number of aliphatic imine (C=N–C) groups is 1. The lowest BCUT2D eigenvalue weighted by atomic mass is 10.0. The van der Waals surface area contributed by atoms with E-state index < -0.39 is 9.84 Å². The number of guanidine groups is 1. The first-order valence-corrected chi connectivity index (χ1v) is 10.1. The van der Waals surface area contributed by atoms with Gasteiger partial charge in [0.2, 0.25) is 0 Å². The maximum absolute atomic E-state index is 11.5. The van der Waals surface area contributed by atoms with Crippen LogP contribution in [0.15, 0.2) is 4.99 Å². The minimum absolute atomic E-state index is 0.151. The molecule has 2 rings (SSSR count). The summed E-state index contributed by atoms with van der Waals surface area (Å²) in [6.45, 7) is 7.09. The van der Waals surface area contributed by atoms with Crippen molar-refractivity contribution in [3.05, 3.63) is 0 Å². The molecule has 0 aromatic heterocycles. The van der Waals surface area contributed by atoms with Gasteiger partial charge in [-0.2, -0.15) is 0 Å². The standard InChI is InChI=1S/C15H29N3O3S/c1-3-6-16-15(18-7-4-14(10-18)12(2)19)17-9-13-5-8-22(20,21)11-13/h12-14,19H,3-11H2,1-2H3,(H,16,17). The van der Waals surface area contributed by atoms with Crippen LogP contribution in [0.5, 0.6) is 0 Å². The normalized spacial score (nSPS) is 29.8. The van der Waals surface area contributed by atoms with Crippen molar-refractivity contribution in [3.8, 4) is 0 Å². The van der Waals surface area contributed by atoms with Crippen LogP contribution in [0, 0.1) is 11.8 Å². The molecular weight excluding hydrogens is 302 g/mol. The van der Waals surface area contributed by atoms with Crippen molar-refractivity contribution >= 4 is 15.8 Å². The fraction of sp³-hybridized carbons (Fsp3) is 0.933. The molecule has 22 heavy (non-hydrogen) atoms. The second-order valence-electron chi connectivity index (χ2n) is 6.60. The number of aliphatic hydroxyl groups is 1. The molecule has 0 aliphatic carbocycles. The molecule has 0 bridgehead atoms. The first-order chi connectivity index (χ1) is 10.4. The number of nitrogens with one attached hydrogen (secondary N) is 1. The van der Waals surface area contributed by atoms with Gasteiger partial charge in [-0.25, -0.2) is 8.42 Å². The SMILES string of the molecule is CCCNC(=NCC1CCS(=O)(=O)C1)N1CCC(C(C)O)C1. The fourth-order valence-electron chi connectivity index (χ4n) is 3.11. The summed E-state index contributed by atoms with van der Waals surface area (Å²) < 4.78 is 23.1. The highest BCUT2D eigenvalue weighted by atomic mass is 32.2. The Morgan fingerprint density at radius 1 is 1.45 bits per heavy atom. The van der Waals surface area contributed by atoms with E-state index in [1.807, 2.05) is 6.92 Å². The van der Waals surface area contributed by atoms with E-state index in [2.05, 4.69) is 22.1 Å². The summed E-state index contributed by atoms with van der Waals surface area (Å²) in [7, 11) is -2.84. The smallest absolute Gasteiger partial charge is 0.193 e. The molecule has 3 unspecified atom stereocenters. The molecule has 2 N–H and O–H groups in total. The number of hydrogen-bond donors (Lipinski definition) is 2. The van der Waals surface area contributed by atoms with Crippen molar-refractivity contribution < 1.29 is 13.5 Å². The molecule has 0 amide bonds. The van der Waals surface area contributed by atoms with Gasteiger partial charge in [0.05, 0.1) is 17.6 Å². The summed E-state index contributed by atoms with van der Waals surface area (Å²) in [6, 6.07) is 0. The first-order valence-electron chi connectivity index (χ1n) is 8.33. The van der Waals surface area contributed by atoms with Crippen molar-refractivity contribution in [1.82, 2.24) is 10.2 Å². The molecule has 6 nitrogen and oxygen atoms in total. The Bertz CT molecular complexity index is 490. The highest BCUT2D eigenvalue weighted by molar-refractivity contribution is 7.91. The van der Waals surface area contributed by atoms with E-state index in [1.165, 1.54) is 0 Å². The number of aliphatic hydroxyl groups excluding tert-OH is 1. The van der Waals surface area contributed by atoms with Gasteiger partial charge in [0.1, 0.15) is 0 Å². The van der Waals surface area contributed by atoms with Crippen molar-refractivity contribution in [2.24, 2.45) is 16.8 Å². The predicted molar refractivity (Wildman–Crippen MR) is 88.7 cm³/mol. The third-order valence-corrected chi connectivity index (χ3v) is 6.40.